The van der Waals surface area contributed by atoms with Gasteiger partial charge >= 0.3 is 0 Å². The van der Waals surface area contributed by atoms with Crippen LogP contribution < -0.4 is 10.1 Å². The summed E-state index contributed by atoms with van der Waals surface area (Å²) in [6.07, 6.45) is -0.484. The van der Waals surface area contributed by atoms with Crippen LogP contribution in [0.2, 0.25) is 0 Å². The molecule has 0 spiro atoms. The molecular formula is C17H29NO2. The van der Waals surface area contributed by atoms with Crippen molar-refractivity contribution in [3.05, 3.63) is 29.8 Å². The first-order valence-electron chi connectivity index (χ1n) is 7.37. The van der Waals surface area contributed by atoms with E-state index in [1.54, 1.807) is 0 Å². The second-order valence-corrected chi connectivity index (χ2v) is 6.71. The molecule has 0 radical (unpaired) electrons. The van der Waals surface area contributed by atoms with Crippen LogP contribution in [0.25, 0.3) is 0 Å². The van der Waals surface area contributed by atoms with E-state index < -0.39 is 6.10 Å². The quantitative estimate of drug-likeness (QED) is 0.806. The standard InChI is InChI=1S/C17H29NO2/c1-13-7-6-8-16(9-13)20-12-15(19)11-18-10-14(2)17(3,4)5/h6-9,14-15,18-19H,10-12H2,1-5H3. The molecule has 0 aliphatic carbocycles. The van der Waals surface area contributed by atoms with Crippen molar-refractivity contribution in [1.29, 1.82) is 0 Å². The highest BCUT2D eigenvalue weighted by molar-refractivity contribution is 5.27. The van der Waals surface area contributed by atoms with Gasteiger partial charge in [0, 0.05) is 6.54 Å². The van der Waals surface area contributed by atoms with Gasteiger partial charge in [-0.25, -0.2) is 0 Å². The Hall–Kier alpha value is -1.06. The third-order valence-corrected chi connectivity index (χ3v) is 3.74. The molecule has 3 nitrogen and oxygen atoms in total. The van der Waals surface area contributed by atoms with E-state index in [9.17, 15) is 5.11 Å². The molecule has 114 valence electrons. The summed E-state index contributed by atoms with van der Waals surface area (Å²) in [7, 11) is 0. The van der Waals surface area contributed by atoms with Crippen LogP contribution in [0.15, 0.2) is 24.3 Å². The van der Waals surface area contributed by atoms with Gasteiger partial charge in [-0.15, -0.1) is 0 Å². The van der Waals surface area contributed by atoms with Crippen LogP contribution in [0.1, 0.15) is 33.3 Å². The number of benzene rings is 1. The normalized spacial score (nSPS) is 14.9. The Bertz CT molecular complexity index is 398. The van der Waals surface area contributed by atoms with Crippen molar-refractivity contribution < 1.29 is 9.84 Å². The number of hydrogen-bond donors (Lipinski definition) is 2. The predicted octanol–water partition coefficient (Wildman–Crippen LogP) is 3.01. The summed E-state index contributed by atoms with van der Waals surface area (Å²) in [5.41, 5.74) is 1.45. The van der Waals surface area contributed by atoms with E-state index in [2.05, 4.69) is 33.0 Å². The molecule has 2 atom stereocenters. The largest absolute Gasteiger partial charge is 0.491 e. The van der Waals surface area contributed by atoms with E-state index in [4.69, 9.17) is 4.74 Å². The minimum atomic E-state index is -0.484. The molecule has 20 heavy (non-hydrogen) atoms. The lowest BCUT2D eigenvalue weighted by atomic mass is 9.82. The average molecular weight is 279 g/mol. The third kappa shape index (κ3) is 6.40. The molecule has 0 bridgehead atoms. The van der Waals surface area contributed by atoms with Gasteiger partial charge in [-0.3, -0.25) is 0 Å². The maximum atomic E-state index is 9.91. The number of aliphatic hydroxyl groups excluding tert-OH is 1. The highest BCUT2D eigenvalue weighted by atomic mass is 16.5. The molecule has 0 amide bonds. The maximum Gasteiger partial charge on any atom is 0.119 e. The first-order chi connectivity index (χ1) is 9.29. The Morgan fingerprint density at radius 3 is 2.55 bits per heavy atom. The van der Waals surface area contributed by atoms with Crippen LogP contribution in [0.5, 0.6) is 5.75 Å². The van der Waals surface area contributed by atoms with Crippen molar-refractivity contribution in [2.24, 2.45) is 11.3 Å². The molecule has 1 rings (SSSR count). The van der Waals surface area contributed by atoms with Gasteiger partial charge in [-0.05, 0) is 42.5 Å². The van der Waals surface area contributed by atoms with Gasteiger partial charge in [-0.1, -0.05) is 39.8 Å². The topological polar surface area (TPSA) is 41.5 Å². The second kappa shape index (κ2) is 7.65. The zero-order valence-electron chi connectivity index (χ0n) is 13.4. The van der Waals surface area contributed by atoms with Crippen LogP contribution in [0, 0.1) is 18.3 Å². The van der Waals surface area contributed by atoms with E-state index in [-0.39, 0.29) is 5.41 Å². The van der Waals surface area contributed by atoms with Crippen molar-refractivity contribution in [2.75, 3.05) is 19.7 Å². The van der Waals surface area contributed by atoms with E-state index in [0.717, 1.165) is 17.9 Å². The zero-order chi connectivity index (χ0) is 15.2. The number of hydrogen-bond acceptors (Lipinski definition) is 3. The average Bonchev–Trinajstić information content (AvgIpc) is 2.35. The Morgan fingerprint density at radius 1 is 1.25 bits per heavy atom. The van der Waals surface area contributed by atoms with E-state index in [1.807, 2.05) is 31.2 Å². The summed E-state index contributed by atoms with van der Waals surface area (Å²) in [4.78, 5) is 0. The van der Waals surface area contributed by atoms with Gasteiger partial charge in [0.15, 0.2) is 0 Å². The van der Waals surface area contributed by atoms with Gasteiger partial charge < -0.3 is 15.2 Å². The van der Waals surface area contributed by atoms with Gasteiger partial charge in [0.05, 0.1) is 0 Å². The van der Waals surface area contributed by atoms with Gasteiger partial charge in [-0.2, -0.15) is 0 Å². The summed E-state index contributed by atoms with van der Waals surface area (Å²) in [5.74, 6) is 1.37. The molecule has 0 fully saturated rings. The first kappa shape index (κ1) is 17.0. The van der Waals surface area contributed by atoms with Crippen LogP contribution in [-0.2, 0) is 0 Å². The summed E-state index contributed by atoms with van der Waals surface area (Å²) >= 11 is 0. The Balaban J connectivity index is 2.22. The van der Waals surface area contributed by atoms with Crippen molar-refractivity contribution in [1.82, 2.24) is 5.32 Å². The molecule has 0 heterocycles. The molecule has 0 saturated heterocycles. The van der Waals surface area contributed by atoms with E-state index in [1.165, 1.54) is 0 Å². The van der Waals surface area contributed by atoms with Crippen molar-refractivity contribution in [3.8, 4) is 5.75 Å². The fourth-order valence-corrected chi connectivity index (χ4v) is 1.73. The molecule has 0 aliphatic heterocycles. The highest BCUT2D eigenvalue weighted by Crippen LogP contribution is 2.24. The Kier molecular flexibility index (Phi) is 6.50. The van der Waals surface area contributed by atoms with Crippen molar-refractivity contribution in [3.63, 3.8) is 0 Å². The second-order valence-electron chi connectivity index (χ2n) is 6.71. The monoisotopic (exact) mass is 279 g/mol. The molecule has 2 unspecified atom stereocenters. The van der Waals surface area contributed by atoms with Crippen LogP contribution in [0.4, 0.5) is 0 Å². The summed E-state index contributed by atoms with van der Waals surface area (Å²) in [5, 5.41) is 13.2. The van der Waals surface area contributed by atoms with Gasteiger partial charge in [0.1, 0.15) is 18.5 Å². The summed E-state index contributed by atoms with van der Waals surface area (Å²) < 4.78 is 5.58. The lowest BCUT2D eigenvalue weighted by molar-refractivity contribution is 0.103. The Morgan fingerprint density at radius 2 is 1.95 bits per heavy atom. The lowest BCUT2D eigenvalue weighted by Gasteiger charge is -2.27. The smallest absolute Gasteiger partial charge is 0.119 e. The minimum Gasteiger partial charge on any atom is -0.491 e. The first-order valence-corrected chi connectivity index (χ1v) is 7.37. The maximum absolute atomic E-state index is 9.91. The zero-order valence-corrected chi connectivity index (χ0v) is 13.4. The number of aliphatic hydroxyl groups is 1. The molecule has 2 N–H and O–H groups in total. The Labute approximate surface area is 123 Å². The highest BCUT2D eigenvalue weighted by Gasteiger charge is 2.19. The fraction of sp³-hybridized carbons (Fsp3) is 0.647. The van der Waals surface area contributed by atoms with Gasteiger partial charge in [0.2, 0.25) is 0 Å². The fourth-order valence-electron chi connectivity index (χ4n) is 1.73. The van der Waals surface area contributed by atoms with Crippen molar-refractivity contribution in [2.45, 2.75) is 40.7 Å². The molecule has 1 aromatic carbocycles. The molecule has 1 aromatic rings. The van der Waals surface area contributed by atoms with E-state index in [0.29, 0.717) is 19.1 Å². The lowest BCUT2D eigenvalue weighted by Crippen LogP contribution is -2.36. The molecule has 0 saturated carbocycles. The molecule has 0 aliphatic rings. The summed E-state index contributed by atoms with van der Waals surface area (Å²) in [6, 6.07) is 7.87. The van der Waals surface area contributed by atoms with E-state index >= 15 is 0 Å². The number of ether oxygens (including phenoxy) is 1. The van der Waals surface area contributed by atoms with Crippen LogP contribution in [0.3, 0.4) is 0 Å². The number of aryl methyl sites for hydroxylation is 1. The molecule has 0 aromatic heterocycles. The number of nitrogens with one attached hydrogen (secondary N) is 1. The summed E-state index contributed by atoms with van der Waals surface area (Å²) in [6.45, 7) is 12.7. The molecule has 3 heteroatoms. The predicted molar refractivity (Wildman–Crippen MR) is 84.2 cm³/mol. The van der Waals surface area contributed by atoms with Crippen LogP contribution in [-0.4, -0.2) is 30.9 Å². The van der Waals surface area contributed by atoms with Crippen LogP contribution >= 0.6 is 0 Å². The minimum absolute atomic E-state index is 0.288. The third-order valence-electron chi connectivity index (χ3n) is 3.74. The van der Waals surface area contributed by atoms with Crippen molar-refractivity contribution >= 4 is 0 Å². The molecular weight excluding hydrogens is 250 g/mol. The number of rotatable bonds is 7. The van der Waals surface area contributed by atoms with Gasteiger partial charge in [0.25, 0.3) is 0 Å². The SMILES string of the molecule is Cc1cccc(OCC(O)CNCC(C)C(C)(C)C)c1.